The molecular formula is C28H38N2O2. The van der Waals surface area contributed by atoms with Crippen molar-refractivity contribution < 1.29 is 9.59 Å². The molecule has 1 aliphatic carbocycles. The number of aryl methyl sites for hydroxylation is 3. The molecule has 1 fully saturated rings. The van der Waals surface area contributed by atoms with E-state index < -0.39 is 6.04 Å². The van der Waals surface area contributed by atoms with Gasteiger partial charge in [-0.2, -0.15) is 0 Å². The summed E-state index contributed by atoms with van der Waals surface area (Å²) in [4.78, 5) is 28.4. The SMILES string of the molecule is CCC(C(=O)NC1CCCCC1)N(Cc1ccc(C)cc1)C(=O)CCc1ccc(C)cc1. The monoisotopic (exact) mass is 434 g/mol. The third kappa shape index (κ3) is 6.94. The van der Waals surface area contributed by atoms with Crippen molar-refractivity contribution in [2.45, 2.75) is 90.8 Å². The van der Waals surface area contributed by atoms with Gasteiger partial charge in [0, 0.05) is 19.0 Å². The first-order valence-corrected chi connectivity index (χ1v) is 12.2. The predicted octanol–water partition coefficient (Wildman–Crippen LogP) is 5.49. The Balaban J connectivity index is 1.73. The van der Waals surface area contributed by atoms with Crippen LogP contribution in [-0.2, 0) is 22.6 Å². The molecule has 3 rings (SSSR count). The Bertz CT molecular complexity index is 867. The van der Waals surface area contributed by atoms with E-state index in [1.54, 1.807) is 4.90 Å². The fraction of sp³-hybridized carbons (Fsp3) is 0.500. The largest absolute Gasteiger partial charge is 0.352 e. The second kappa shape index (κ2) is 11.8. The number of carbonyl (C=O) groups is 2. The molecule has 0 radical (unpaired) electrons. The summed E-state index contributed by atoms with van der Waals surface area (Å²) in [5.74, 6) is 0.0343. The molecule has 0 spiro atoms. The molecule has 1 atom stereocenters. The van der Waals surface area contributed by atoms with Gasteiger partial charge in [-0.05, 0) is 50.7 Å². The van der Waals surface area contributed by atoms with Gasteiger partial charge in [0.15, 0.2) is 0 Å². The van der Waals surface area contributed by atoms with E-state index in [0.717, 1.165) is 24.0 Å². The molecule has 0 heterocycles. The van der Waals surface area contributed by atoms with Gasteiger partial charge in [-0.15, -0.1) is 0 Å². The lowest BCUT2D eigenvalue weighted by Crippen LogP contribution is -2.51. The Morgan fingerprint density at radius 1 is 0.906 bits per heavy atom. The molecule has 32 heavy (non-hydrogen) atoms. The molecule has 1 N–H and O–H groups in total. The minimum Gasteiger partial charge on any atom is -0.352 e. The quantitative estimate of drug-likeness (QED) is 0.567. The predicted molar refractivity (Wildman–Crippen MR) is 130 cm³/mol. The Kier molecular flexibility index (Phi) is 8.90. The van der Waals surface area contributed by atoms with Crippen LogP contribution < -0.4 is 5.32 Å². The molecule has 2 aromatic carbocycles. The average Bonchev–Trinajstić information content (AvgIpc) is 2.80. The highest BCUT2D eigenvalue weighted by Gasteiger charge is 2.30. The van der Waals surface area contributed by atoms with Crippen LogP contribution in [0.25, 0.3) is 0 Å². The molecular weight excluding hydrogens is 396 g/mol. The van der Waals surface area contributed by atoms with Crippen molar-refractivity contribution in [1.29, 1.82) is 0 Å². The number of benzene rings is 2. The van der Waals surface area contributed by atoms with Crippen LogP contribution in [-0.4, -0.2) is 28.8 Å². The van der Waals surface area contributed by atoms with Crippen molar-refractivity contribution in [1.82, 2.24) is 10.2 Å². The summed E-state index contributed by atoms with van der Waals surface area (Å²) >= 11 is 0. The van der Waals surface area contributed by atoms with E-state index in [1.165, 1.54) is 30.4 Å². The van der Waals surface area contributed by atoms with Crippen LogP contribution in [0.15, 0.2) is 48.5 Å². The molecule has 1 unspecified atom stereocenters. The lowest BCUT2D eigenvalue weighted by atomic mass is 9.95. The van der Waals surface area contributed by atoms with Gasteiger partial charge in [0.25, 0.3) is 0 Å². The molecule has 0 aliphatic heterocycles. The first-order valence-electron chi connectivity index (χ1n) is 12.2. The van der Waals surface area contributed by atoms with Crippen LogP contribution in [0.3, 0.4) is 0 Å². The van der Waals surface area contributed by atoms with Crippen molar-refractivity contribution in [3.63, 3.8) is 0 Å². The van der Waals surface area contributed by atoms with E-state index in [2.05, 4.69) is 67.7 Å². The Morgan fingerprint density at radius 2 is 1.47 bits per heavy atom. The maximum absolute atomic E-state index is 13.4. The Labute approximate surface area is 193 Å². The minimum absolute atomic E-state index is 0.00445. The van der Waals surface area contributed by atoms with E-state index in [-0.39, 0.29) is 17.9 Å². The van der Waals surface area contributed by atoms with Crippen LogP contribution in [0, 0.1) is 13.8 Å². The van der Waals surface area contributed by atoms with E-state index in [1.807, 2.05) is 6.92 Å². The highest BCUT2D eigenvalue weighted by molar-refractivity contribution is 5.88. The van der Waals surface area contributed by atoms with Gasteiger partial charge in [0.05, 0.1) is 0 Å². The van der Waals surface area contributed by atoms with Gasteiger partial charge < -0.3 is 10.2 Å². The molecule has 4 nitrogen and oxygen atoms in total. The third-order valence-corrected chi connectivity index (χ3v) is 6.56. The Morgan fingerprint density at radius 3 is 2.03 bits per heavy atom. The number of nitrogens with one attached hydrogen (secondary N) is 1. The highest BCUT2D eigenvalue weighted by atomic mass is 16.2. The van der Waals surface area contributed by atoms with E-state index >= 15 is 0 Å². The summed E-state index contributed by atoms with van der Waals surface area (Å²) in [5.41, 5.74) is 4.61. The van der Waals surface area contributed by atoms with Crippen LogP contribution in [0.5, 0.6) is 0 Å². The van der Waals surface area contributed by atoms with Crippen molar-refractivity contribution >= 4 is 11.8 Å². The van der Waals surface area contributed by atoms with Crippen LogP contribution in [0.1, 0.15) is 74.1 Å². The van der Waals surface area contributed by atoms with Gasteiger partial charge in [-0.25, -0.2) is 0 Å². The zero-order valence-electron chi connectivity index (χ0n) is 19.9. The van der Waals surface area contributed by atoms with Crippen molar-refractivity contribution in [3.05, 3.63) is 70.8 Å². The molecule has 0 saturated heterocycles. The van der Waals surface area contributed by atoms with Gasteiger partial charge in [-0.3, -0.25) is 9.59 Å². The highest BCUT2D eigenvalue weighted by Crippen LogP contribution is 2.20. The smallest absolute Gasteiger partial charge is 0.243 e. The fourth-order valence-electron chi connectivity index (χ4n) is 4.50. The summed E-state index contributed by atoms with van der Waals surface area (Å²) in [6, 6.07) is 16.4. The lowest BCUT2D eigenvalue weighted by Gasteiger charge is -2.33. The zero-order chi connectivity index (χ0) is 22.9. The molecule has 1 aliphatic rings. The number of rotatable bonds is 9. The fourth-order valence-corrected chi connectivity index (χ4v) is 4.50. The topological polar surface area (TPSA) is 49.4 Å². The number of nitrogens with zero attached hydrogens (tertiary/aromatic N) is 1. The van der Waals surface area contributed by atoms with Gasteiger partial charge in [0.2, 0.25) is 11.8 Å². The molecule has 2 amide bonds. The summed E-state index contributed by atoms with van der Waals surface area (Å²) in [6.45, 7) is 6.58. The van der Waals surface area contributed by atoms with Crippen molar-refractivity contribution in [3.8, 4) is 0 Å². The first-order chi connectivity index (χ1) is 15.5. The normalized spacial score (nSPS) is 15.2. The summed E-state index contributed by atoms with van der Waals surface area (Å²) in [5, 5.41) is 3.25. The maximum atomic E-state index is 13.4. The molecule has 0 aromatic heterocycles. The van der Waals surface area contributed by atoms with Crippen LogP contribution in [0.2, 0.25) is 0 Å². The van der Waals surface area contributed by atoms with Gasteiger partial charge in [0.1, 0.15) is 6.04 Å². The van der Waals surface area contributed by atoms with Gasteiger partial charge >= 0.3 is 0 Å². The maximum Gasteiger partial charge on any atom is 0.243 e. The van der Waals surface area contributed by atoms with Crippen molar-refractivity contribution in [2.75, 3.05) is 0 Å². The number of hydrogen-bond donors (Lipinski definition) is 1. The number of amides is 2. The van der Waals surface area contributed by atoms with Gasteiger partial charge in [-0.1, -0.05) is 85.8 Å². The minimum atomic E-state index is -0.441. The van der Waals surface area contributed by atoms with Crippen molar-refractivity contribution in [2.24, 2.45) is 0 Å². The Hall–Kier alpha value is -2.62. The second-order valence-electron chi connectivity index (χ2n) is 9.26. The summed E-state index contributed by atoms with van der Waals surface area (Å²) in [6.07, 6.45) is 7.38. The zero-order valence-corrected chi connectivity index (χ0v) is 19.9. The van der Waals surface area contributed by atoms with E-state index in [4.69, 9.17) is 0 Å². The standard InChI is InChI=1S/C28H38N2O2/c1-4-26(28(32)29-25-8-6-5-7-9-25)30(20-24-16-12-22(3)13-17-24)27(31)19-18-23-14-10-21(2)11-15-23/h10-17,25-26H,4-9,18-20H2,1-3H3,(H,29,32). The van der Waals surface area contributed by atoms with E-state index in [9.17, 15) is 9.59 Å². The number of hydrogen-bond acceptors (Lipinski definition) is 2. The van der Waals surface area contributed by atoms with E-state index in [0.29, 0.717) is 25.8 Å². The molecule has 172 valence electrons. The summed E-state index contributed by atoms with van der Waals surface area (Å²) < 4.78 is 0. The summed E-state index contributed by atoms with van der Waals surface area (Å²) in [7, 11) is 0. The first kappa shape index (κ1) is 24.0. The van der Waals surface area contributed by atoms with Crippen LogP contribution >= 0.6 is 0 Å². The lowest BCUT2D eigenvalue weighted by molar-refractivity contribution is -0.141. The molecule has 2 aromatic rings. The second-order valence-corrected chi connectivity index (χ2v) is 9.26. The average molecular weight is 435 g/mol. The number of carbonyl (C=O) groups excluding carboxylic acids is 2. The molecule has 4 heteroatoms. The molecule has 0 bridgehead atoms. The third-order valence-electron chi connectivity index (χ3n) is 6.56. The van der Waals surface area contributed by atoms with Crippen LogP contribution in [0.4, 0.5) is 0 Å². The molecule has 1 saturated carbocycles.